The fraction of sp³-hybridized carbons (Fsp3) is 0.467. The second kappa shape index (κ2) is 6.67. The lowest BCUT2D eigenvalue weighted by Gasteiger charge is -2.28. The van der Waals surface area contributed by atoms with Crippen LogP contribution in [0.4, 0.5) is 10.1 Å². The number of nitrogens with one attached hydrogen (secondary N) is 2. The van der Waals surface area contributed by atoms with Gasteiger partial charge in [-0.25, -0.2) is 9.18 Å². The van der Waals surface area contributed by atoms with E-state index in [1.807, 2.05) is 0 Å². The number of hydrogen-bond donors (Lipinski definition) is 3. The summed E-state index contributed by atoms with van der Waals surface area (Å²) in [6.45, 7) is 2.89. The summed E-state index contributed by atoms with van der Waals surface area (Å²) < 4.78 is 13.3. The van der Waals surface area contributed by atoms with Crippen molar-refractivity contribution in [3.8, 4) is 0 Å². The van der Waals surface area contributed by atoms with Gasteiger partial charge in [-0.2, -0.15) is 0 Å². The number of hydrogen-bond acceptors (Lipinski definition) is 3. The Morgan fingerprint density at radius 2 is 2.24 bits per heavy atom. The summed E-state index contributed by atoms with van der Waals surface area (Å²) in [6, 6.07) is 3.25. The van der Waals surface area contributed by atoms with Crippen molar-refractivity contribution in [2.45, 2.75) is 32.2 Å². The zero-order chi connectivity index (χ0) is 15.4. The molecule has 2 rings (SSSR count). The van der Waals surface area contributed by atoms with Gasteiger partial charge in [0.15, 0.2) is 0 Å². The molecule has 0 radical (unpaired) electrons. The largest absolute Gasteiger partial charge is 0.478 e. The highest BCUT2D eigenvalue weighted by molar-refractivity contribution is 5.96. The number of amides is 1. The second-order valence-electron chi connectivity index (χ2n) is 5.29. The van der Waals surface area contributed by atoms with Crippen LogP contribution in [0.1, 0.15) is 36.5 Å². The molecule has 1 aliphatic heterocycles. The van der Waals surface area contributed by atoms with Gasteiger partial charge in [0.05, 0.1) is 11.6 Å². The topological polar surface area (TPSA) is 78.4 Å². The molecule has 0 aromatic heterocycles. The molecule has 5 nitrogen and oxygen atoms in total. The van der Waals surface area contributed by atoms with Crippen LogP contribution in [0.5, 0.6) is 0 Å². The monoisotopic (exact) mass is 294 g/mol. The van der Waals surface area contributed by atoms with E-state index in [2.05, 4.69) is 17.6 Å². The van der Waals surface area contributed by atoms with Crippen LogP contribution in [-0.2, 0) is 4.79 Å². The molecular formula is C15H19FN2O3. The molecule has 1 saturated heterocycles. The number of piperidine rings is 1. The summed E-state index contributed by atoms with van der Waals surface area (Å²) in [7, 11) is 0. The van der Waals surface area contributed by atoms with Crippen molar-refractivity contribution in [2.75, 3.05) is 11.9 Å². The predicted octanol–water partition coefficient (Wildman–Crippen LogP) is 2.24. The number of rotatable bonds is 4. The molecule has 114 valence electrons. The van der Waals surface area contributed by atoms with Crippen LogP contribution in [0.25, 0.3) is 0 Å². The van der Waals surface area contributed by atoms with Crippen LogP contribution in [0, 0.1) is 11.7 Å². The number of anilines is 1. The number of carboxylic acids is 1. The van der Waals surface area contributed by atoms with Crippen LogP contribution < -0.4 is 10.6 Å². The molecule has 0 spiro atoms. The maximum atomic E-state index is 13.3. The number of carbonyl (C=O) groups is 2. The van der Waals surface area contributed by atoms with Gasteiger partial charge < -0.3 is 15.7 Å². The molecule has 0 bridgehead atoms. The Bertz CT molecular complexity index is 548. The van der Waals surface area contributed by atoms with Crippen molar-refractivity contribution >= 4 is 17.6 Å². The first-order valence-electron chi connectivity index (χ1n) is 7.08. The Morgan fingerprint density at radius 1 is 1.48 bits per heavy atom. The van der Waals surface area contributed by atoms with E-state index in [0.717, 1.165) is 37.9 Å². The minimum atomic E-state index is -1.36. The zero-order valence-corrected chi connectivity index (χ0v) is 11.9. The minimum absolute atomic E-state index is 0.212. The highest BCUT2D eigenvalue weighted by Crippen LogP contribution is 2.21. The maximum Gasteiger partial charge on any atom is 0.338 e. The van der Waals surface area contributed by atoms with Crippen LogP contribution in [-0.4, -0.2) is 29.6 Å². The standard InChI is InChI=1S/C15H19FN2O3/c1-2-9-5-6-17-13(7-9)14(19)18-10-3-4-12(16)11(8-10)15(20)21/h3-4,8-9,13,17H,2,5-7H2,1H3,(H,18,19)(H,20,21). The molecule has 0 aliphatic carbocycles. The smallest absolute Gasteiger partial charge is 0.338 e. The zero-order valence-electron chi connectivity index (χ0n) is 11.9. The molecule has 6 heteroatoms. The summed E-state index contributed by atoms with van der Waals surface area (Å²) in [5.41, 5.74) is -0.157. The molecule has 1 fully saturated rings. The summed E-state index contributed by atoms with van der Waals surface area (Å²) in [4.78, 5) is 23.1. The van der Waals surface area contributed by atoms with Crippen LogP contribution in [0.2, 0.25) is 0 Å². The third-order valence-electron chi connectivity index (χ3n) is 3.87. The van der Waals surface area contributed by atoms with E-state index in [9.17, 15) is 14.0 Å². The van der Waals surface area contributed by atoms with Crippen molar-refractivity contribution in [3.63, 3.8) is 0 Å². The fourth-order valence-electron chi connectivity index (χ4n) is 2.56. The van der Waals surface area contributed by atoms with Crippen LogP contribution >= 0.6 is 0 Å². The Balaban J connectivity index is 2.05. The van der Waals surface area contributed by atoms with Gasteiger partial charge in [0, 0.05) is 5.69 Å². The van der Waals surface area contributed by atoms with Crippen molar-refractivity contribution in [1.82, 2.24) is 5.32 Å². The Labute approximate surface area is 122 Å². The molecule has 0 saturated carbocycles. The minimum Gasteiger partial charge on any atom is -0.478 e. The molecule has 1 aromatic carbocycles. The van der Waals surface area contributed by atoms with Gasteiger partial charge >= 0.3 is 5.97 Å². The third-order valence-corrected chi connectivity index (χ3v) is 3.87. The van der Waals surface area contributed by atoms with Crippen molar-refractivity contribution < 1.29 is 19.1 Å². The van der Waals surface area contributed by atoms with Gasteiger partial charge in [0.2, 0.25) is 5.91 Å². The molecule has 2 unspecified atom stereocenters. The first kappa shape index (κ1) is 15.4. The molecule has 21 heavy (non-hydrogen) atoms. The highest BCUT2D eigenvalue weighted by Gasteiger charge is 2.26. The molecule has 2 atom stereocenters. The van der Waals surface area contributed by atoms with E-state index >= 15 is 0 Å². The summed E-state index contributed by atoms with van der Waals surface area (Å²) in [5.74, 6) is -1.87. The summed E-state index contributed by atoms with van der Waals surface area (Å²) in [5, 5.41) is 14.7. The van der Waals surface area contributed by atoms with Crippen molar-refractivity contribution in [1.29, 1.82) is 0 Å². The molecule has 1 amide bonds. The lowest BCUT2D eigenvalue weighted by atomic mass is 9.90. The SMILES string of the molecule is CCC1CCNC(C(=O)Nc2ccc(F)c(C(=O)O)c2)C1. The number of benzene rings is 1. The van der Waals surface area contributed by atoms with Gasteiger partial charge in [0.25, 0.3) is 0 Å². The van der Waals surface area contributed by atoms with Gasteiger partial charge in [-0.1, -0.05) is 13.3 Å². The normalized spacial score (nSPS) is 21.8. The number of carbonyl (C=O) groups excluding carboxylic acids is 1. The number of halogens is 1. The quantitative estimate of drug-likeness (QED) is 0.796. The lowest BCUT2D eigenvalue weighted by molar-refractivity contribution is -0.119. The van der Waals surface area contributed by atoms with Gasteiger partial charge in [0.1, 0.15) is 5.82 Å². The van der Waals surface area contributed by atoms with Crippen LogP contribution in [0.15, 0.2) is 18.2 Å². The van der Waals surface area contributed by atoms with E-state index < -0.39 is 17.3 Å². The molecule has 1 aromatic rings. The van der Waals surface area contributed by atoms with Gasteiger partial charge in [-0.3, -0.25) is 4.79 Å². The first-order chi connectivity index (χ1) is 10.0. The van der Waals surface area contributed by atoms with E-state index in [1.165, 1.54) is 6.07 Å². The highest BCUT2D eigenvalue weighted by atomic mass is 19.1. The molecular weight excluding hydrogens is 275 g/mol. The maximum absolute atomic E-state index is 13.3. The van der Waals surface area contributed by atoms with Gasteiger partial charge in [-0.15, -0.1) is 0 Å². The molecule has 1 heterocycles. The van der Waals surface area contributed by atoms with E-state index in [1.54, 1.807) is 0 Å². The van der Waals surface area contributed by atoms with E-state index in [-0.39, 0.29) is 11.9 Å². The predicted molar refractivity (Wildman–Crippen MR) is 76.8 cm³/mol. The van der Waals surface area contributed by atoms with E-state index in [0.29, 0.717) is 11.6 Å². The molecule has 1 aliphatic rings. The number of aromatic carboxylic acids is 1. The van der Waals surface area contributed by atoms with E-state index in [4.69, 9.17) is 5.11 Å². The lowest BCUT2D eigenvalue weighted by Crippen LogP contribution is -2.46. The first-order valence-corrected chi connectivity index (χ1v) is 7.08. The number of carboxylic acid groups (broad SMARTS) is 1. The Morgan fingerprint density at radius 3 is 2.90 bits per heavy atom. The van der Waals surface area contributed by atoms with Crippen molar-refractivity contribution in [3.05, 3.63) is 29.6 Å². The van der Waals surface area contributed by atoms with Crippen LogP contribution in [0.3, 0.4) is 0 Å². The average molecular weight is 294 g/mol. The Kier molecular flexibility index (Phi) is 4.90. The fourth-order valence-corrected chi connectivity index (χ4v) is 2.56. The van der Waals surface area contributed by atoms with Gasteiger partial charge in [-0.05, 0) is 43.5 Å². The molecule has 3 N–H and O–H groups in total. The average Bonchev–Trinajstić information content (AvgIpc) is 2.49. The summed E-state index contributed by atoms with van der Waals surface area (Å²) in [6.07, 6.45) is 2.85. The summed E-state index contributed by atoms with van der Waals surface area (Å²) >= 11 is 0. The van der Waals surface area contributed by atoms with Crippen molar-refractivity contribution in [2.24, 2.45) is 5.92 Å². The second-order valence-corrected chi connectivity index (χ2v) is 5.29. The third kappa shape index (κ3) is 3.78. The Hall–Kier alpha value is -1.95.